The lowest BCUT2D eigenvalue weighted by molar-refractivity contribution is -0.191. The van der Waals surface area contributed by atoms with Crippen molar-refractivity contribution in [3.63, 3.8) is 0 Å². The van der Waals surface area contributed by atoms with E-state index in [1.807, 2.05) is 0 Å². The largest absolute Gasteiger partial charge is 0.480 e. The van der Waals surface area contributed by atoms with Crippen molar-refractivity contribution in [2.75, 3.05) is 26.2 Å². The van der Waals surface area contributed by atoms with Crippen LogP contribution in [0.3, 0.4) is 0 Å². The van der Waals surface area contributed by atoms with E-state index in [1.54, 1.807) is 0 Å². The molecular weight excluding hydrogens is 348 g/mol. The first-order valence-corrected chi connectivity index (χ1v) is 6.32. The number of nitrogens with zero attached hydrogens (tertiary/aromatic N) is 2. The summed E-state index contributed by atoms with van der Waals surface area (Å²) < 4.78 is 0. The summed E-state index contributed by atoms with van der Waals surface area (Å²) in [7, 11) is 0. The molecule has 0 spiro atoms. The van der Waals surface area contributed by atoms with Crippen LogP contribution in [0.15, 0.2) is 12.2 Å². The van der Waals surface area contributed by atoms with Gasteiger partial charge in [-0.15, -0.1) is 5.06 Å². The number of carbonyl (C=O) groups is 6. The Kier molecular flexibility index (Phi) is 8.89. The second kappa shape index (κ2) is 10.3. The minimum atomic E-state index is -1.49. The fraction of sp³-hybridized carbons (Fsp3) is 0.333. The number of carboxylic acids is 4. The highest BCUT2D eigenvalue weighted by Gasteiger charge is 2.19. The molecule has 0 aliphatic carbocycles. The Morgan fingerprint density at radius 2 is 1.08 bits per heavy atom. The number of carboxylic acid groups (broad SMARTS) is 4. The number of carbonyl (C=O) groups excluding carboxylic acids is 2. The third-order valence-corrected chi connectivity index (χ3v) is 2.17. The average molecular weight is 362 g/mol. The smallest absolute Gasteiger partial charge is 0.349 e. The summed E-state index contributed by atoms with van der Waals surface area (Å²) in [6, 6.07) is 0. The molecule has 0 bridgehead atoms. The van der Waals surface area contributed by atoms with Crippen molar-refractivity contribution < 1.29 is 54.0 Å². The van der Waals surface area contributed by atoms with Crippen LogP contribution in [-0.4, -0.2) is 92.3 Å². The zero-order valence-corrected chi connectivity index (χ0v) is 12.5. The van der Waals surface area contributed by atoms with E-state index in [1.165, 1.54) is 0 Å². The topological polar surface area (TPSA) is 199 Å². The molecule has 138 valence electrons. The maximum absolute atomic E-state index is 11.7. The van der Waals surface area contributed by atoms with Crippen molar-refractivity contribution in [2.24, 2.45) is 0 Å². The molecule has 0 heterocycles. The van der Waals surface area contributed by atoms with Gasteiger partial charge in [0.2, 0.25) is 5.91 Å². The van der Waals surface area contributed by atoms with Gasteiger partial charge in [-0.25, -0.2) is 4.79 Å². The normalized spacial score (nSPS) is 10.4. The van der Waals surface area contributed by atoms with Crippen LogP contribution in [0.1, 0.15) is 0 Å². The molecule has 0 aromatic rings. The predicted octanol–water partition coefficient (Wildman–Crippen LogP) is -2.53. The molecular formula is C12H14N2O11. The van der Waals surface area contributed by atoms with Gasteiger partial charge in [0.25, 0.3) is 0 Å². The summed E-state index contributed by atoms with van der Waals surface area (Å²) in [5.41, 5.74) is 0. The Morgan fingerprint density at radius 3 is 1.44 bits per heavy atom. The number of hydrogen-bond acceptors (Lipinski definition) is 8. The van der Waals surface area contributed by atoms with Gasteiger partial charge in [0, 0.05) is 12.2 Å². The van der Waals surface area contributed by atoms with E-state index in [2.05, 4.69) is 4.84 Å². The van der Waals surface area contributed by atoms with E-state index in [0.717, 1.165) is 0 Å². The van der Waals surface area contributed by atoms with Gasteiger partial charge in [0.15, 0.2) is 0 Å². The molecule has 0 fully saturated rings. The highest BCUT2D eigenvalue weighted by Crippen LogP contribution is 1.96. The summed E-state index contributed by atoms with van der Waals surface area (Å²) in [4.78, 5) is 70.1. The van der Waals surface area contributed by atoms with Crippen LogP contribution in [0.2, 0.25) is 0 Å². The minimum Gasteiger partial charge on any atom is -0.480 e. The molecule has 13 heteroatoms. The number of hydrogen-bond donors (Lipinski definition) is 4. The van der Waals surface area contributed by atoms with Crippen molar-refractivity contribution in [3.8, 4) is 0 Å². The molecule has 0 aromatic carbocycles. The summed E-state index contributed by atoms with van der Waals surface area (Å²) in [6.45, 7) is -3.75. The van der Waals surface area contributed by atoms with Crippen LogP contribution >= 0.6 is 0 Å². The molecule has 25 heavy (non-hydrogen) atoms. The first-order chi connectivity index (χ1) is 11.5. The standard InChI is InChI=1S/C12H14N2O11/c15-7(13(3-8(16)17)4-9(18)19)1-2-12(24)25-14(5-10(20)21)6-11(22)23/h1-2H,3-6H2,(H,16,17)(H,18,19)(H,20,21)(H,22,23)/b2-1+. The molecule has 0 aromatic heterocycles. The van der Waals surface area contributed by atoms with Crippen molar-refractivity contribution in [3.05, 3.63) is 12.2 Å². The van der Waals surface area contributed by atoms with Crippen molar-refractivity contribution in [1.82, 2.24) is 9.96 Å². The van der Waals surface area contributed by atoms with Crippen LogP contribution in [-0.2, 0) is 33.6 Å². The molecule has 0 aliphatic rings. The van der Waals surface area contributed by atoms with Gasteiger partial charge < -0.3 is 30.2 Å². The van der Waals surface area contributed by atoms with Crippen molar-refractivity contribution >= 4 is 35.8 Å². The number of hydroxylamine groups is 2. The van der Waals surface area contributed by atoms with Gasteiger partial charge in [0.05, 0.1) is 0 Å². The minimum absolute atomic E-state index is 0.300. The monoisotopic (exact) mass is 362 g/mol. The quantitative estimate of drug-likeness (QED) is 0.222. The fourth-order valence-corrected chi connectivity index (χ4v) is 1.36. The molecule has 13 nitrogen and oxygen atoms in total. The predicted molar refractivity (Wildman–Crippen MR) is 73.9 cm³/mol. The van der Waals surface area contributed by atoms with Gasteiger partial charge in [-0.05, 0) is 0 Å². The van der Waals surface area contributed by atoms with E-state index < -0.39 is 61.9 Å². The van der Waals surface area contributed by atoms with Crippen molar-refractivity contribution in [2.45, 2.75) is 0 Å². The van der Waals surface area contributed by atoms with Crippen LogP contribution in [0, 0.1) is 0 Å². The zero-order valence-electron chi connectivity index (χ0n) is 12.5. The third kappa shape index (κ3) is 10.8. The lowest BCUT2D eigenvalue weighted by Crippen LogP contribution is -2.38. The zero-order chi connectivity index (χ0) is 19.6. The molecule has 0 saturated heterocycles. The van der Waals surface area contributed by atoms with E-state index in [0.29, 0.717) is 22.1 Å². The summed E-state index contributed by atoms with van der Waals surface area (Å²) in [5.74, 6) is -8.39. The molecule has 0 aliphatic heterocycles. The van der Waals surface area contributed by atoms with Crippen molar-refractivity contribution in [1.29, 1.82) is 0 Å². The molecule has 0 radical (unpaired) electrons. The van der Waals surface area contributed by atoms with Crippen LogP contribution in [0.25, 0.3) is 0 Å². The van der Waals surface area contributed by atoms with E-state index in [4.69, 9.17) is 20.4 Å². The van der Waals surface area contributed by atoms with Crippen LogP contribution in [0.4, 0.5) is 0 Å². The Labute approximate surface area is 139 Å². The van der Waals surface area contributed by atoms with E-state index in [-0.39, 0.29) is 0 Å². The number of amides is 1. The molecule has 0 unspecified atom stereocenters. The molecule has 4 N–H and O–H groups in total. The molecule has 0 saturated carbocycles. The Balaban J connectivity index is 4.88. The van der Waals surface area contributed by atoms with Gasteiger partial charge in [0.1, 0.15) is 26.2 Å². The maximum atomic E-state index is 11.7. The SMILES string of the molecule is O=C(O)CN(CC(=O)O)OC(=O)/C=C/C(=O)N(CC(=O)O)CC(=O)O. The first-order valence-electron chi connectivity index (χ1n) is 6.32. The number of rotatable bonds is 11. The highest BCUT2D eigenvalue weighted by molar-refractivity contribution is 5.97. The Hall–Kier alpha value is -3.48. The van der Waals surface area contributed by atoms with E-state index >= 15 is 0 Å². The third-order valence-electron chi connectivity index (χ3n) is 2.17. The molecule has 0 rings (SSSR count). The van der Waals surface area contributed by atoms with Crippen LogP contribution in [0.5, 0.6) is 0 Å². The van der Waals surface area contributed by atoms with Crippen LogP contribution < -0.4 is 0 Å². The first kappa shape index (κ1) is 21.5. The Bertz CT molecular complexity index is 566. The summed E-state index contributed by atoms with van der Waals surface area (Å²) in [5, 5.41) is 34.6. The summed E-state index contributed by atoms with van der Waals surface area (Å²) >= 11 is 0. The van der Waals surface area contributed by atoms with Gasteiger partial charge in [-0.1, -0.05) is 0 Å². The van der Waals surface area contributed by atoms with Gasteiger partial charge in [-0.3, -0.25) is 24.0 Å². The second-order valence-electron chi connectivity index (χ2n) is 4.31. The lowest BCUT2D eigenvalue weighted by Gasteiger charge is -2.17. The molecule has 0 atom stereocenters. The van der Waals surface area contributed by atoms with E-state index in [9.17, 15) is 28.8 Å². The average Bonchev–Trinajstić information content (AvgIpc) is 2.41. The fourth-order valence-electron chi connectivity index (χ4n) is 1.36. The lowest BCUT2D eigenvalue weighted by atomic mass is 10.4. The second-order valence-corrected chi connectivity index (χ2v) is 4.31. The summed E-state index contributed by atoms with van der Waals surface area (Å²) in [6.07, 6.45) is 0.976. The maximum Gasteiger partial charge on any atom is 0.349 e. The Morgan fingerprint density at radius 1 is 0.680 bits per heavy atom. The van der Waals surface area contributed by atoms with Gasteiger partial charge >= 0.3 is 29.8 Å². The highest BCUT2D eigenvalue weighted by atomic mass is 16.7. The number of aliphatic carboxylic acids is 4. The van der Waals surface area contributed by atoms with Gasteiger partial charge in [-0.2, -0.15) is 0 Å². The molecule has 1 amide bonds.